The van der Waals surface area contributed by atoms with E-state index < -0.39 is 22.9 Å². The van der Waals surface area contributed by atoms with E-state index >= 15 is 0 Å². The largest absolute Gasteiger partial charge is 0.379 e. The predicted octanol–water partition coefficient (Wildman–Crippen LogP) is 3.45. The lowest BCUT2D eigenvalue weighted by atomic mass is 10.3. The summed E-state index contributed by atoms with van der Waals surface area (Å²) in [6.07, 6.45) is -2.84. The molecule has 0 spiro atoms. The molecule has 0 aliphatic heterocycles. The molecule has 1 heterocycles. The van der Waals surface area contributed by atoms with E-state index in [0.717, 1.165) is 6.07 Å². The maximum Gasteiger partial charge on any atom is 0.379 e. The molecule has 0 atom stereocenters. The number of nitrogens with zero attached hydrogens (tertiary/aromatic N) is 2. The van der Waals surface area contributed by atoms with Crippen molar-refractivity contribution in [1.82, 2.24) is 4.98 Å². The van der Waals surface area contributed by atoms with Crippen LogP contribution in [0.3, 0.4) is 0 Å². The summed E-state index contributed by atoms with van der Waals surface area (Å²) in [5, 5.41) is 10.4. The van der Waals surface area contributed by atoms with E-state index in [0.29, 0.717) is 0 Å². The average molecular weight is 332 g/mol. The van der Waals surface area contributed by atoms with E-state index in [4.69, 9.17) is 0 Å². The molecule has 0 N–H and O–H groups in total. The molecule has 1 aromatic heterocycles. The van der Waals surface area contributed by atoms with Crippen molar-refractivity contribution in [2.24, 2.45) is 0 Å². The zero-order valence-corrected chi connectivity index (χ0v) is 9.55. The summed E-state index contributed by atoms with van der Waals surface area (Å²) in [4.78, 5) is 12.8. The van der Waals surface area contributed by atoms with Crippen LogP contribution in [-0.4, -0.2) is 9.91 Å². The Hall–Kier alpha value is -0.630. The molecule has 8 heteroatoms. The molecular formula is C6H2Br2F2N2O2. The summed E-state index contributed by atoms with van der Waals surface area (Å²) in [5.41, 5.74) is -0.633. The maximum absolute atomic E-state index is 12.2. The van der Waals surface area contributed by atoms with Gasteiger partial charge in [-0.05, 0) is 41.8 Å². The van der Waals surface area contributed by atoms with Crippen molar-refractivity contribution in [2.75, 3.05) is 0 Å². The van der Waals surface area contributed by atoms with Gasteiger partial charge in [0.25, 0.3) is 0 Å². The number of halogens is 4. The molecule has 0 radical (unpaired) electrons. The highest BCUT2D eigenvalue weighted by Gasteiger charge is 2.24. The quantitative estimate of drug-likeness (QED) is 0.616. The SMILES string of the molecule is O=[N+]([O-])c1nc(C(F)F)cc(Br)c1Br. The number of pyridine rings is 1. The smallest absolute Gasteiger partial charge is 0.358 e. The highest BCUT2D eigenvalue weighted by Crippen LogP contribution is 2.33. The zero-order valence-electron chi connectivity index (χ0n) is 6.38. The standard InChI is InChI=1S/C6H2Br2F2N2O2/c7-2-1-3(5(9)10)11-6(4(2)8)12(13)14/h1,5H. The summed E-state index contributed by atoms with van der Waals surface area (Å²) in [6, 6.07) is 1.03. The molecule has 0 aliphatic rings. The van der Waals surface area contributed by atoms with Gasteiger partial charge in [0.2, 0.25) is 5.69 Å². The molecule has 76 valence electrons. The molecule has 14 heavy (non-hydrogen) atoms. The number of aromatic nitrogens is 1. The predicted molar refractivity (Wildman–Crippen MR) is 51.2 cm³/mol. The first-order valence-corrected chi connectivity index (χ1v) is 4.80. The molecule has 4 nitrogen and oxygen atoms in total. The summed E-state index contributed by atoms with van der Waals surface area (Å²) in [5.74, 6) is -0.630. The van der Waals surface area contributed by atoms with Gasteiger partial charge in [0.1, 0.15) is 4.47 Å². The van der Waals surface area contributed by atoms with Gasteiger partial charge < -0.3 is 10.1 Å². The maximum atomic E-state index is 12.2. The van der Waals surface area contributed by atoms with Crippen LogP contribution < -0.4 is 0 Å². The molecule has 0 saturated heterocycles. The van der Waals surface area contributed by atoms with Gasteiger partial charge in [-0.3, -0.25) is 0 Å². The van der Waals surface area contributed by atoms with Gasteiger partial charge in [-0.1, -0.05) is 0 Å². The Morgan fingerprint density at radius 2 is 2.07 bits per heavy atom. The topological polar surface area (TPSA) is 56.0 Å². The normalized spacial score (nSPS) is 10.6. The van der Waals surface area contributed by atoms with Crippen molar-refractivity contribution in [2.45, 2.75) is 6.43 Å². The lowest BCUT2D eigenvalue weighted by Crippen LogP contribution is -1.98. The molecule has 0 aromatic carbocycles. The van der Waals surface area contributed by atoms with Crippen LogP contribution in [0.2, 0.25) is 0 Å². The molecule has 0 saturated carbocycles. The highest BCUT2D eigenvalue weighted by atomic mass is 79.9. The number of hydrogen-bond donors (Lipinski definition) is 0. The van der Waals surface area contributed by atoms with Crippen LogP contribution in [0.15, 0.2) is 15.0 Å². The van der Waals surface area contributed by atoms with Crippen molar-refractivity contribution in [3.8, 4) is 0 Å². The van der Waals surface area contributed by atoms with E-state index in [2.05, 4.69) is 36.8 Å². The van der Waals surface area contributed by atoms with Gasteiger partial charge in [0.05, 0.1) is 0 Å². The van der Waals surface area contributed by atoms with E-state index in [1.54, 1.807) is 0 Å². The number of hydrogen-bond acceptors (Lipinski definition) is 3. The second-order valence-corrected chi connectivity index (χ2v) is 3.87. The van der Waals surface area contributed by atoms with E-state index in [-0.39, 0.29) is 8.95 Å². The average Bonchev–Trinajstić information content (AvgIpc) is 2.08. The number of alkyl halides is 2. The van der Waals surface area contributed by atoms with Crippen LogP contribution >= 0.6 is 31.9 Å². The first-order valence-electron chi connectivity index (χ1n) is 3.22. The van der Waals surface area contributed by atoms with Crippen LogP contribution in [-0.2, 0) is 0 Å². The third kappa shape index (κ3) is 2.24. The fourth-order valence-electron chi connectivity index (χ4n) is 0.736. The van der Waals surface area contributed by atoms with Crippen LogP contribution in [0.5, 0.6) is 0 Å². The Morgan fingerprint density at radius 3 is 2.50 bits per heavy atom. The molecule has 0 fully saturated rings. The first-order chi connectivity index (χ1) is 6.43. The fraction of sp³-hybridized carbons (Fsp3) is 0.167. The molecule has 0 bridgehead atoms. The lowest BCUT2D eigenvalue weighted by Gasteiger charge is -2.00. The van der Waals surface area contributed by atoms with Gasteiger partial charge in [-0.25, -0.2) is 8.78 Å². The summed E-state index contributed by atoms with van der Waals surface area (Å²) >= 11 is 5.78. The van der Waals surface area contributed by atoms with E-state index in [1.807, 2.05) is 0 Å². The summed E-state index contributed by atoms with van der Waals surface area (Å²) in [6.45, 7) is 0. The highest BCUT2D eigenvalue weighted by molar-refractivity contribution is 9.13. The molecule has 0 amide bonds. The van der Waals surface area contributed by atoms with Gasteiger partial charge in [0.15, 0.2) is 0 Å². The van der Waals surface area contributed by atoms with Crippen molar-refractivity contribution in [3.05, 3.63) is 30.8 Å². The third-order valence-corrected chi connectivity index (χ3v) is 3.25. The summed E-state index contributed by atoms with van der Waals surface area (Å²) < 4.78 is 24.6. The van der Waals surface area contributed by atoms with E-state index in [1.165, 1.54) is 0 Å². The Bertz CT molecular complexity index is 386. The number of rotatable bonds is 2. The van der Waals surface area contributed by atoms with Crippen LogP contribution in [0, 0.1) is 10.1 Å². The van der Waals surface area contributed by atoms with Crippen molar-refractivity contribution in [1.29, 1.82) is 0 Å². The monoisotopic (exact) mass is 330 g/mol. The molecule has 0 aliphatic carbocycles. The van der Waals surface area contributed by atoms with Crippen molar-refractivity contribution in [3.63, 3.8) is 0 Å². The van der Waals surface area contributed by atoms with Crippen LogP contribution in [0.25, 0.3) is 0 Å². The lowest BCUT2D eigenvalue weighted by molar-refractivity contribution is -0.390. The Labute approximate surface area is 93.7 Å². The van der Waals surface area contributed by atoms with Crippen molar-refractivity contribution < 1.29 is 13.7 Å². The van der Waals surface area contributed by atoms with Gasteiger partial charge >= 0.3 is 12.2 Å². The Balaban J connectivity index is 3.35. The van der Waals surface area contributed by atoms with Crippen molar-refractivity contribution >= 4 is 37.7 Å². The molecule has 1 aromatic rings. The van der Waals surface area contributed by atoms with Gasteiger partial charge in [-0.15, -0.1) is 0 Å². The van der Waals surface area contributed by atoms with E-state index in [9.17, 15) is 18.9 Å². The van der Waals surface area contributed by atoms with Gasteiger partial charge in [-0.2, -0.15) is 0 Å². The minimum Gasteiger partial charge on any atom is -0.358 e. The first kappa shape index (κ1) is 11.4. The summed E-state index contributed by atoms with van der Waals surface area (Å²) in [7, 11) is 0. The second-order valence-electron chi connectivity index (χ2n) is 2.22. The third-order valence-electron chi connectivity index (χ3n) is 1.31. The number of nitro groups is 1. The van der Waals surface area contributed by atoms with Crippen LogP contribution in [0.1, 0.15) is 12.1 Å². The minimum absolute atomic E-state index is 0.0481. The second kappa shape index (κ2) is 4.26. The molecular weight excluding hydrogens is 330 g/mol. The minimum atomic E-state index is -2.84. The Morgan fingerprint density at radius 1 is 1.50 bits per heavy atom. The fourth-order valence-corrected chi connectivity index (χ4v) is 1.50. The molecule has 1 rings (SSSR count). The molecule has 0 unspecified atom stereocenters. The van der Waals surface area contributed by atoms with Crippen LogP contribution in [0.4, 0.5) is 14.6 Å². The van der Waals surface area contributed by atoms with Gasteiger partial charge in [0, 0.05) is 10.5 Å². The zero-order chi connectivity index (χ0) is 10.9. The Kier molecular flexibility index (Phi) is 3.48.